The van der Waals surface area contributed by atoms with Crippen molar-refractivity contribution in [2.75, 3.05) is 47.4 Å². The zero-order valence-corrected chi connectivity index (χ0v) is 23.2. The molecule has 0 saturated heterocycles. The molecule has 2 atom stereocenters. The number of hydrogen-bond donors (Lipinski definition) is 0. The van der Waals surface area contributed by atoms with Crippen LogP contribution < -0.4 is 0 Å². The van der Waals surface area contributed by atoms with Crippen molar-refractivity contribution >= 4 is 0 Å². The van der Waals surface area contributed by atoms with E-state index in [0.717, 1.165) is 47.8 Å². The highest BCUT2D eigenvalue weighted by molar-refractivity contribution is 5.28. The molecule has 0 bridgehead atoms. The number of aryl methyl sites for hydroxylation is 2. The first kappa shape index (κ1) is 27.7. The Morgan fingerprint density at radius 3 is 1.87 bits per heavy atom. The van der Waals surface area contributed by atoms with Crippen molar-refractivity contribution in [3.8, 4) is 0 Å². The molecule has 0 aliphatic heterocycles. The van der Waals surface area contributed by atoms with Crippen LogP contribution in [-0.2, 0) is 30.1 Å². The molecule has 8 nitrogen and oxygen atoms in total. The molecule has 38 heavy (non-hydrogen) atoms. The minimum atomic E-state index is -0.165. The highest BCUT2D eigenvalue weighted by Gasteiger charge is 2.21. The lowest BCUT2D eigenvalue weighted by molar-refractivity contribution is 0.0587. The fourth-order valence-corrected chi connectivity index (χ4v) is 4.50. The number of benzene rings is 2. The number of hydrogen-bond acceptors (Lipinski definition) is 6. The van der Waals surface area contributed by atoms with Crippen LogP contribution in [0.1, 0.15) is 40.4 Å². The van der Waals surface area contributed by atoms with Crippen molar-refractivity contribution in [2.24, 2.45) is 14.1 Å². The lowest BCUT2D eigenvalue weighted by Crippen LogP contribution is -2.24. The molecule has 2 aromatic carbocycles. The van der Waals surface area contributed by atoms with Crippen LogP contribution in [0.4, 0.5) is 0 Å². The maximum Gasteiger partial charge on any atom is 0.124 e. The van der Waals surface area contributed by atoms with Crippen LogP contribution >= 0.6 is 0 Å². The molecule has 0 amide bonds. The van der Waals surface area contributed by atoms with Crippen LogP contribution in [0.15, 0.2) is 79.0 Å². The third kappa shape index (κ3) is 7.39. The van der Waals surface area contributed by atoms with Crippen LogP contribution in [0.3, 0.4) is 0 Å². The van der Waals surface area contributed by atoms with Crippen molar-refractivity contribution in [3.63, 3.8) is 0 Å². The van der Waals surface area contributed by atoms with E-state index in [9.17, 15) is 0 Å². The highest BCUT2D eigenvalue weighted by atomic mass is 16.5. The molecule has 4 aromatic rings. The van der Waals surface area contributed by atoms with Gasteiger partial charge < -0.3 is 14.4 Å². The highest BCUT2D eigenvalue weighted by Crippen LogP contribution is 2.27. The Morgan fingerprint density at radius 2 is 1.32 bits per heavy atom. The van der Waals surface area contributed by atoms with Gasteiger partial charge in [0, 0.05) is 39.9 Å². The topological polar surface area (TPSA) is 60.6 Å². The van der Waals surface area contributed by atoms with Gasteiger partial charge in [0.05, 0.1) is 30.3 Å². The van der Waals surface area contributed by atoms with Gasteiger partial charge in [0.1, 0.15) is 12.2 Å². The predicted molar refractivity (Wildman–Crippen MR) is 150 cm³/mol. The molecule has 4 rings (SSSR count). The summed E-state index contributed by atoms with van der Waals surface area (Å²) in [7, 11) is 10.2. The smallest absolute Gasteiger partial charge is 0.124 e. The summed E-state index contributed by atoms with van der Waals surface area (Å²) in [5.74, 6) is 0. The predicted octanol–water partition coefficient (Wildman–Crippen LogP) is 4.06. The molecule has 8 heteroatoms. The number of aromatic nitrogens is 4. The van der Waals surface area contributed by atoms with Gasteiger partial charge in [-0.3, -0.25) is 14.3 Å². The van der Waals surface area contributed by atoms with E-state index in [1.54, 1.807) is 0 Å². The Labute approximate surface area is 226 Å². The maximum absolute atomic E-state index is 6.40. The summed E-state index contributed by atoms with van der Waals surface area (Å²) in [4.78, 5) is 4.37. The zero-order valence-electron chi connectivity index (χ0n) is 23.2. The minimum absolute atomic E-state index is 0.163. The van der Waals surface area contributed by atoms with E-state index < -0.39 is 0 Å². The van der Waals surface area contributed by atoms with Gasteiger partial charge in [0.15, 0.2) is 0 Å². The van der Waals surface area contributed by atoms with Gasteiger partial charge in [-0.05, 0) is 44.4 Å². The average molecular weight is 517 g/mol. The van der Waals surface area contributed by atoms with Crippen LogP contribution in [0.2, 0.25) is 0 Å². The maximum atomic E-state index is 6.40. The molecular weight excluding hydrogens is 476 g/mol. The standard InChI is InChI=1S/C30H40N6O2/c1-33(2)18-20-37-30(25-14-10-7-11-15-25)28-22-26(32-36(28)5)23-34(3)19-21-38-29(24-12-8-6-9-13-24)27-16-17-31-35(27)4/h6-17,22,29-30H,18-21,23H2,1-5H3. The van der Waals surface area contributed by atoms with E-state index in [2.05, 4.69) is 78.5 Å². The van der Waals surface area contributed by atoms with Crippen molar-refractivity contribution in [2.45, 2.75) is 18.8 Å². The molecule has 0 aliphatic carbocycles. The van der Waals surface area contributed by atoms with Crippen molar-refractivity contribution < 1.29 is 9.47 Å². The van der Waals surface area contributed by atoms with E-state index >= 15 is 0 Å². The summed E-state index contributed by atoms with van der Waals surface area (Å²) in [6.07, 6.45) is 1.48. The Morgan fingerprint density at radius 1 is 0.737 bits per heavy atom. The summed E-state index contributed by atoms with van der Waals surface area (Å²) in [5.41, 5.74) is 5.34. The van der Waals surface area contributed by atoms with Gasteiger partial charge in [0.2, 0.25) is 0 Å². The Bertz CT molecular complexity index is 1240. The van der Waals surface area contributed by atoms with Crippen molar-refractivity contribution in [1.29, 1.82) is 0 Å². The summed E-state index contributed by atoms with van der Waals surface area (Å²) < 4.78 is 16.6. The minimum Gasteiger partial charge on any atom is -0.366 e. The third-order valence-corrected chi connectivity index (χ3v) is 6.58. The molecule has 2 heterocycles. The second-order valence-corrected chi connectivity index (χ2v) is 9.93. The molecular formula is C30H40N6O2. The average Bonchev–Trinajstić information content (AvgIpc) is 3.50. The Kier molecular flexibility index (Phi) is 9.84. The van der Waals surface area contributed by atoms with Crippen molar-refractivity contribution in [1.82, 2.24) is 29.4 Å². The normalized spacial score (nSPS) is 13.3. The fraction of sp³-hybridized carbons (Fsp3) is 0.400. The summed E-state index contributed by atoms with van der Waals surface area (Å²) >= 11 is 0. The number of rotatable bonds is 14. The molecule has 0 N–H and O–H groups in total. The molecule has 202 valence electrons. The lowest BCUT2D eigenvalue weighted by atomic mass is 10.1. The van der Waals surface area contributed by atoms with Gasteiger partial charge in [-0.2, -0.15) is 10.2 Å². The lowest BCUT2D eigenvalue weighted by Gasteiger charge is -2.21. The van der Waals surface area contributed by atoms with Crippen LogP contribution in [0.25, 0.3) is 0 Å². The number of ether oxygens (including phenoxy) is 2. The van der Waals surface area contributed by atoms with Crippen LogP contribution in [0.5, 0.6) is 0 Å². The van der Waals surface area contributed by atoms with E-state index in [0.29, 0.717) is 13.2 Å². The summed E-state index contributed by atoms with van der Waals surface area (Å²) in [6, 6.07) is 24.8. The third-order valence-electron chi connectivity index (χ3n) is 6.58. The van der Waals surface area contributed by atoms with Gasteiger partial charge in [-0.1, -0.05) is 60.7 Å². The van der Waals surface area contributed by atoms with E-state index in [1.807, 2.05) is 60.0 Å². The Balaban J connectivity index is 1.39. The summed E-state index contributed by atoms with van der Waals surface area (Å²) in [6.45, 7) is 3.58. The molecule has 2 aromatic heterocycles. The van der Waals surface area contributed by atoms with E-state index in [4.69, 9.17) is 14.6 Å². The first-order chi connectivity index (χ1) is 18.4. The molecule has 2 unspecified atom stereocenters. The molecule has 0 spiro atoms. The van der Waals surface area contributed by atoms with Crippen molar-refractivity contribution in [3.05, 3.63) is 107 Å². The van der Waals surface area contributed by atoms with E-state index in [1.165, 1.54) is 0 Å². The van der Waals surface area contributed by atoms with E-state index in [-0.39, 0.29) is 12.2 Å². The molecule has 0 saturated carbocycles. The first-order valence-electron chi connectivity index (χ1n) is 13.1. The second-order valence-electron chi connectivity index (χ2n) is 9.93. The van der Waals surface area contributed by atoms with Crippen LogP contribution in [0, 0.1) is 0 Å². The van der Waals surface area contributed by atoms with Gasteiger partial charge >= 0.3 is 0 Å². The second kappa shape index (κ2) is 13.5. The first-order valence-corrected chi connectivity index (χ1v) is 13.1. The zero-order chi connectivity index (χ0) is 26.9. The molecule has 0 radical (unpaired) electrons. The SMILES string of the molecule is CN(C)CCOC(c1ccccc1)c1cc(CN(C)CCOC(c2ccccc2)c2ccnn2C)nn1C. The summed E-state index contributed by atoms with van der Waals surface area (Å²) in [5, 5.41) is 9.15. The van der Waals surface area contributed by atoms with Gasteiger partial charge in [-0.25, -0.2) is 0 Å². The monoisotopic (exact) mass is 516 g/mol. The molecule has 0 fully saturated rings. The fourth-order valence-electron chi connectivity index (χ4n) is 4.50. The Hall–Kier alpha value is -3.30. The quantitative estimate of drug-likeness (QED) is 0.252. The largest absolute Gasteiger partial charge is 0.366 e. The number of likely N-dealkylation sites (N-methyl/N-ethyl adjacent to an activating group) is 2. The van der Waals surface area contributed by atoms with Gasteiger partial charge in [-0.15, -0.1) is 0 Å². The molecule has 0 aliphatic rings. The number of nitrogens with zero attached hydrogens (tertiary/aromatic N) is 6. The van der Waals surface area contributed by atoms with Gasteiger partial charge in [0.25, 0.3) is 0 Å². The van der Waals surface area contributed by atoms with Crippen LogP contribution in [-0.4, -0.2) is 76.8 Å².